The highest BCUT2D eigenvalue weighted by atomic mass is 19.1. The average molecular weight is 337 g/mol. The van der Waals surface area contributed by atoms with Gasteiger partial charge >= 0.3 is 5.97 Å². The number of carboxylic acids is 1. The Morgan fingerprint density at radius 2 is 1.92 bits per heavy atom. The van der Waals surface area contributed by atoms with Crippen molar-refractivity contribution in [2.75, 3.05) is 7.11 Å². The zero-order valence-electron chi connectivity index (χ0n) is 13.0. The number of methoxy groups -OCH3 is 1. The summed E-state index contributed by atoms with van der Waals surface area (Å²) in [5.74, 6) is -2.19. The second-order valence-electron chi connectivity index (χ2n) is 5.16. The Bertz CT molecular complexity index is 737. The number of hydrogen-bond acceptors (Lipinski definition) is 4. The number of carbonyl (C=O) groups is 1. The number of hydrogen-bond donors (Lipinski definition) is 2. The van der Waals surface area contributed by atoms with Gasteiger partial charge in [0, 0.05) is 11.6 Å². The summed E-state index contributed by atoms with van der Waals surface area (Å²) in [6.07, 6.45) is 0.136. The second kappa shape index (κ2) is 7.74. The topological polar surface area (TPSA) is 81.8 Å². The lowest BCUT2D eigenvalue weighted by atomic mass is 10.0. The van der Waals surface area contributed by atoms with E-state index >= 15 is 0 Å². The number of carboxylic acid groups (broad SMARTS) is 1. The van der Waals surface area contributed by atoms with Crippen molar-refractivity contribution >= 4 is 5.97 Å². The van der Waals surface area contributed by atoms with E-state index in [4.69, 9.17) is 20.3 Å². The van der Waals surface area contributed by atoms with Crippen molar-refractivity contribution in [1.29, 1.82) is 0 Å². The Morgan fingerprint density at radius 1 is 1.21 bits per heavy atom. The first kappa shape index (κ1) is 17.7. The van der Waals surface area contributed by atoms with Crippen molar-refractivity contribution in [3.05, 3.63) is 59.2 Å². The van der Waals surface area contributed by atoms with E-state index in [0.29, 0.717) is 16.9 Å². The Hall–Kier alpha value is -2.67. The number of rotatable bonds is 7. The van der Waals surface area contributed by atoms with E-state index in [1.165, 1.54) is 13.2 Å². The van der Waals surface area contributed by atoms with Gasteiger partial charge in [0.25, 0.3) is 0 Å². The van der Waals surface area contributed by atoms with Crippen LogP contribution >= 0.6 is 0 Å². The number of nitrogens with two attached hydrogens (primary N) is 1. The molecular formula is C17H17F2NO4. The van der Waals surface area contributed by atoms with Crippen LogP contribution in [0.2, 0.25) is 0 Å². The van der Waals surface area contributed by atoms with E-state index in [-0.39, 0.29) is 18.8 Å². The van der Waals surface area contributed by atoms with Crippen LogP contribution in [-0.2, 0) is 17.8 Å². The van der Waals surface area contributed by atoms with Crippen molar-refractivity contribution in [1.82, 2.24) is 0 Å². The van der Waals surface area contributed by atoms with Gasteiger partial charge in [-0.3, -0.25) is 4.79 Å². The quantitative estimate of drug-likeness (QED) is 0.811. The summed E-state index contributed by atoms with van der Waals surface area (Å²) in [5.41, 5.74) is 6.80. The summed E-state index contributed by atoms with van der Waals surface area (Å²) in [5, 5.41) is 8.87. The highest BCUT2D eigenvalue weighted by Gasteiger charge is 2.14. The Labute approximate surface area is 137 Å². The van der Waals surface area contributed by atoms with Gasteiger partial charge in [0.1, 0.15) is 24.2 Å². The van der Waals surface area contributed by atoms with Gasteiger partial charge in [-0.15, -0.1) is 0 Å². The van der Waals surface area contributed by atoms with Crippen molar-refractivity contribution in [3.63, 3.8) is 0 Å². The van der Waals surface area contributed by atoms with E-state index in [0.717, 1.165) is 12.1 Å². The van der Waals surface area contributed by atoms with Crippen LogP contribution in [0.4, 0.5) is 8.78 Å². The fourth-order valence-corrected chi connectivity index (χ4v) is 2.16. The number of benzene rings is 2. The molecule has 2 rings (SSSR count). The third-order valence-corrected chi connectivity index (χ3v) is 3.39. The molecule has 7 heteroatoms. The van der Waals surface area contributed by atoms with Gasteiger partial charge in [-0.25, -0.2) is 8.78 Å². The molecule has 2 aromatic carbocycles. The molecule has 0 fully saturated rings. The minimum atomic E-state index is -1.10. The van der Waals surface area contributed by atoms with E-state index < -0.39 is 23.6 Å². The summed E-state index contributed by atoms with van der Waals surface area (Å²) in [6.45, 7) is -0.0259. The third kappa shape index (κ3) is 4.42. The molecule has 1 unspecified atom stereocenters. The van der Waals surface area contributed by atoms with Gasteiger partial charge in [-0.05, 0) is 36.2 Å². The zero-order chi connectivity index (χ0) is 17.7. The van der Waals surface area contributed by atoms with Gasteiger partial charge in [0.05, 0.1) is 7.11 Å². The molecule has 24 heavy (non-hydrogen) atoms. The molecule has 0 radical (unpaired) electrons. The molecule has 0 bridgehead atoms. The lowest BCUT2D eigenvalue weighted by Crippen LogP contribution is -2.32. The summed E-state index contributed by atoms with van der Waals surface area (Å²) >= 11 is 0. The number of ether oxygens (including phenoxy) is 2. The van der Waals surface area contributed by atoms with Crippen LogP contribution in [0.15, 0.2) is 36.4 Å². The van der Waals surface area contributed by atoms with Crippen LogP contribution in [0.1, 0.15) is 11.1 Å². The molecule has 1 atom stereocenters. The van der Waals surface area contributed by atoms with Gasteiger partial charge in [-0.2, -0.15) is 0 Å². The summed E-state index contributed by atoms with van der Waals surface area (Å²) in [6, 6.07) is 7.03. The Balaban J connectivity index is 2.16. The predicted octanol–water partition coefficient (Wildman–Crippen LogP) is 2.51. The van der Waals surface area contributed by atoms with E-state index in [1.807, 2.05) is 0 Å². The molecule has 0 saturated carbocycles. The number of aliphatic carboxylic acids is 1. The Kier molecular flexibility index (Phi) is 5.70. The van der Waals surface area contributed by atoms with Crippen LogP contribution in [-0.4, -0.2) is 24.2 Å². The monoisotopic (exact) mass is 337 g/mol. The molecule has 0 saturated heterocycles. The largest absolute Gasteiger partial charge is 0.496 e. The van der Waals surface area contributed by atoms with Crippen LogP contribution < -0.4 is 15.2 Å². The van der Waals surface area contributed by atoms with Crippen molar-refractivity contribution in [3.8, 4) is 11.5 Å². The molecule has 5 nitrogen and oxygen atoms in total. The highest BCUT2D eigenvalue weighted by Crippen LogP contribution is 2.24. The molecule has 128 valence electrons. The normalized spacial score (nSPS) is 11.8. The first-order valence-corrected chi connectivity index (χ1v) is 7.12. The van der Waals surface area contributed by atoms with Gasteiger partial charge in [0.15, 0.2) is 11.6 Å². The molecule has 2 aromatic rings. The number of halogens is 2. The Morgan fingerprint density at radius 3 is 2.54 bits per heavy atom. The van der Waals surface area contributed by atoms with E-state index in [1.54, 1.807) is 18.2 Å². The standard InChI is InChI=1S/C17H17F2NO4/c1-23-15-4-2-10(7-14(20)17(21)22)6-11(15)9-24-16-5-3-12(18)8-13(16)19/h2-6,8,14H,7,9,20H2,1H3,(H,21,22). The smallest absolute Gasteiger partial charge is 0.320 e. The van der Waals surface area contributed by atoms with E-state index in [2.05, 4.69) is 0 Å². The van der Waals surface area contributed by atoms with Crippen LogP contribution in [0.5, 0.6) is 11.5 Å². The van der Waals surface area contributed by atoms with Gasteiger partial charge in [0.2, 0.25) is 0 Å². The maximum Gasteiger partial charge on any atom is 0.320 e. The van der Waals surface area contributed by atoms with E-state index in [9.17, 15) is 13.6 Å². The minimum absolute atomic E-state index is 0.0259. The highest BCUT2D eigenvalue weighted by molar-refractivity contribution is 5.73. The first-order chi connectivity index (χ1) is 11.4. The van der Waals surface area contributed by atoms with Crippen molar-refractivity contribution in [2.24, 2.45) is 5.73 Å². The summed E-state index contributed by atoms with van der Waals surface area (Å²) < 4.78 is 37.1. The molecule has 0 heterocycles. The SMILES string of the molecule is COc1ccc(CC(N)C(=O)O)cc1COc1ccc(F)cc1F. The fraction of sp³-hybridized carbons (Fsp3) is 0.235. The first-order valence-electron chi connectivity index (χ1n) is 7.12. The minimum Gasteiger partial charge on any atom is -0.496 e. The van der Waals surface area contributed by atoms with Gasteiger partial charge in [-0.1, -0.05) is 6.07 Å². The summed E-state index contributed by atoms with van der Waals surface area (Å²) in [7, 11) is 1.47. The molecular weight excluding hydrogens is 320 g/mol. The fourth-order valence-electron chi connectivity index (χ4n) is 2.16. The van der Waals surface area contributed by atoms with Gasteiger partial charge < -0.3 is 20.3 Å². The molecule has 0 aliphatic carbocycles. The molecule has 0 aromatic heterocycles. The lowest BCUT2D eigenvalue weighted by Gasteiger charge is -2.13. The van der Waals surface area contributed by atoms with Crippen LogP contribution in [0, 0.1) is 11.6 Å². The maximum atomic E-state index is 13.6. The lowest BCUT2D eigenvalue weighted by molar-refractivity contribution is -0.138. The molecule has 0 aliphatic heterocycles. The predicted molar refractivity (Wildman–Crippen MR) is 83.0 cm³/mol. The van der Waals surface area contributed by atoms with Crippen LogP contribution in [0.3, 0.4) is 0 Å². The second-order valence-corrected chi connectivity index (χ2v) is 5.16. The zero-order valence-corrected chi connectivity index (χ0v) is 13.0. The third-order valence-electron chi connectivity index (χ3n) is 3.39. The summed E-state index contributed by atoms with van der Waals surface area (Å²) in [4.78, 5) is 10.8. The maximum absolute atomic E-state index is 13.6. The molecule has 0 aliphatic rings. The van der Waals surface area contributed by atoms with Crippen LogP contribution in [0.25, 0.3) is 0 Å². The average Bonchev–Trinajstić information content (AvgIpc) is 2.54. The molecule has 3 N–H and O–H groups in total. The molecule has 0 spiro atoms. The molecule has 0 amide bonds. The van der Waals surface area contributed by atoms with Crippen molar-refractivity contribution < 1.29 is 28.2 Å². The van der Waals surface area contributed by atoms with Crippen molar-refractivity contribution in [2.45, 2.75) is 19.1 Å².